The van der Waals surface area contributed by atoms with Crippen LogP contribution in [0.4, 0.5) is 23.3 Å². The first-order valence-corrected chi connectivity index (χ1v) is 9.24. The minimum Gasteiger partial charge on any atom is -0.336 e. The first-order chi connectivity index (χ1) is 13.0. The van der Waals surface area contributed by atoms with Gasteiger partial charge in [0.2, 0.25) is 16.0 Å². The van der Waals surface area contributed by atoms with E-state index in [2.05, 4.69) is 30.7 Å². The summed E-state index contributed by atoms with van der Waals surface area (Å²) in [4.78, 5) is 12.9. The third-order valence-corrected chi connectivity index (χ3v) is 4.51. The summed E-state index contributed by atoms with van der Waals surface area (Å²) in [5.41, 5.74) is 0.858. The average Bonchev–Trinajstić information content (AvgIpc) is 3.11. The van der Waals surface area contributed by atoms with Gasteiger partial charge in [-0.3, -0.25) is 0 Å². The Morgan fingerprint density at radius 1 is 1.00 bits per heavy atom. The Kier molecular flexibility index (Phi) is 4.14. The monoisotopic (exact) mass is 383 g/mol. The van der Waals surface area contributed by atoms with Crippen molar-refractivity contribution in [2.24, 2.45) is 5.14 Å². The third-order valence-electron chi connectivity index (χ3n) is 3.58. The molecule has 0 saturated heterocycles. The fraction of sp³-hybridized carbons (Fsp3) is 0. The second kappa shape index (κ2) is 6.63. The summed E-state index contributed by atoms with van der Waals surface area (Å²) >= 11 is 0. The molecule has 0 aliphatic heterocycles. The smallest absolute Gasteiger partial charge is 0.264 e. The van der Waals surface area contributed by atoms with Crippen LogP contribution in [-0.2, 0) is 10.0 Å². The van der Waals surface area contributed by atoms with Gasteiger partial charge in [-0.05, 0) is 36.4 Å². The molecule has 0 radical (unpaired) electrons. The third kappa shape index (κ3) is 3.68. The standard InChI is InChI=1S/C16H13N7O3S/c17-27(24,25)11-6-4-10(5-7-11)20-16-22-14(12-9-19-26-15(12)23-16)21-13-3-1-2-8-18-13/h1-9H,(H2,17,24,25)(H2,18,20,21,22,23). The zero-order valence-electron chi connectivity index (χ0n) is 13.7. The molecule has 0 aliphatic rings. The molecule has 27 heavy (non-hydrogen) atoms. The Morgan fingerprint density at radius 2 is 1.81 bits per heavy atom. The zero-order valence-corrected chi connectivity index (χ0v) is 14.5. The Bertz CT molecular complexity index is 1190. The van der Waals surface area contributed by atoms with Gasteiger partial charge in [0.25, 0.3) is 5.71 Å². The van der Waals surface area contributed by atoms with Crippen molar-refractivity contribution in [2.75, 3.05) is 10.6 Å². The highest BCUT2D eigenvalue weighted by molar-refractivity contribution is 7.89. The predicted octanol–water partition coefficient (Wildman–Crippen LogP) is 2.15. The van der Waals surface area contributed by atoms with Crippen LogP contribution in [0.1, 0.15) is 0 Å². The molecule has 4 rings (SSSR count). The zero-order chi connectivity index (χ0) is 18.9. The molecule has 0 saturated carbocycles. The maximum absolute atomic E-state index is 11.3. The SMILES string of the molecule is NS(=O)(=O)c1ccc(Nc2nc(Nc3ccccn3)c3cnoc3n2)cc1. The Hall–Kier alpha value is -3.57. The van der Waals surface area contributed by atoms with Crippen molar-refractivity contribution in [3.63, 3.8) is 0 Å². The number of fused-ring (bicyclic) bond motifs is 1. The van der Waals surface area contributed by atoms with Gasteiger partial charge in [0.05, 0.1) is 11.1 Å². The fourth-order valence-electron chi connectivity index (χ4n) is 2.33. The summed E-state index contributed by atoms with van der Waals surface area (Å²) in [6.07, 6.45) is 3.16. The molecule has 4 aromatic rings. The second-order valence-corrected chi connectivity index (χ2v) is 7.04. The van der Waals surface area contributed by atoms with Gasteiger partial charge < -0.3 is 15.2 Å². The van der Waals surface area contributed by atoms with Gasteiger partial charge in [-0.15, -0.1) is 0 Å². The van der Waals surface area contributed by atoms with Crippen molar-refractivity contribution >= 4 is 44.4 Å². The van der Waals surface area contributed by atoms with Crippen LogP contribution < -0.4 is 15.8 Å². The highest BCUT2D eigenvalue weighted by Crippen LogP contribution is 2.25. The van der Waals surface area contributed by atoms with Crippen molar-refractivity contribution in [3.05, 3.63) is 54.9 Å². The van der Waals surface area contributed by atoms with Crippen LogP contribution in [0.3, 0.4) is 0 Å². The summed E-state index contributed by atoms with van der Waals surface area (Å²) in [7, 11) is -3.75. The number of aromatic nitrogens is 4. The molecule has 0 spiro atoms. The quantitative estimate of drug-likeness (QED) is 0.471. The van der Waals surface area contributed by atoms with Crippen LogP contribution in [0, 0.1) is 0 Å². The highest BCUT2D eigenvalue weighted by Gasteiger charge is 2.13. The molecule has 0 aliphatic carbocycles. The second-order valence-electron chi connectivity index (χ2n) is 5.47. The van der Waals surface area contributed by atoms with Crippen molar-refractivity contribution in [3.8, 4) is 0 Å². The molecule has 0 fully saturated rings. The minimum atomic E-state index is -3.75. The summed E-state index contributed by atoms with van der Waals surface area (Å²) in [5.74, 6) is 1.30. The largest absolute Gasteiger partial charge is 0.336 e. The van der Waals surface area contributed by atoms with Gasteiger partial charge in [0.1, 0.15) is 17.0 Å². The summed E-state index contributed by atoms with van der Waals surface area (Å²) in [5, 5.41) is 15.5. The van der Waals surface area contributed by atoms with Crippen molar-refractivity contribution in [1.82, 2.24) is 20.1 Å². The molecule has 1 aromatic carbocycles. The number of rotatable bonds is 5. The number of anilines is 4. The summed E-state index contributed by atoms with van der Waals surface area (Å²) in [6.45, 7) is 0. The maximum atomic E-state index is 11.3. The van der Waals surface area contributed by atoms with E-state index >= 15 is 0 Å². The molecule has 0 unspecified atom stereocenters. The lowest BCUT2D eigenvalue weighted by Crippen LogP contribution is -2.11. The number of hydrogen-bond donors (Lipinski definition) is 3. The average molecular weight is 383 g/mol. The van der Waals surface area contributed by atoms with Gasteiger partial charge in [-0.2, -0.15) is 9.97 Å². The number of sulfonamides is 1. The molecule has 0 amide bonds. The van der Waals surface area contributed by atoms with Crippen molar-refractivity contribution < 1.29 is 12.9 Å². The molecular formula is C16H13N7O3S. The molecule has 0 atom stereocenters. The van der Waals surface area contributed by atoms with Crippen LogP contribution in [0.15, 0.2) is 64.3 Å². The first kappa shape index (κ1) is 16.9. The van der Waals surface area contributed by atoms with Crippen LogP contribution in [0.5, 0.6) is 0 Å². The van der Waals surface area contributed by atoms with E-state index in [9.17, 15) is 8.42 Å². The molecule has 11 heteroatoms. The fourth-order valence-corrected chi connectivity index (χ4v) is 2.85. The Balaban J connectivity index is 1.66. The van der Waals surface area contributed by atoms with Gasteiger partial charge >= 0.3 is 0 Å². The van der Waals surface area contributed by atoms with E-state index in [4.69, 9.17) is 9.66 Å². The number of hydrogen-bond acceptors (Lipinski definition) is 9. The molecule has 3 heterocycles. The van der Waals surface area contributed by atoms with Crippen LogP contribution >= 0.6 is 0 Å². The van der Waals surface area contributed by atoms with E-state index < -0.39 is 10.0 Å². The van der Waals surface area contributed by atoms with E-state index in [0.29, 0.717) is 22.7 Å². The van der Waals surface area contributed by atoms with Crippen molar-refractivity contribution in [2.45, 2.75) is 4.90 Å². The molecule has 0 bridgehead atoms. The number of nitrogens with two attached hydrogens (primary N) is 1. The number of pyridine rings is 1. The lowest BCUT2D eigenvalue weighted by molar-refractivity contribution is 0.449. The van der Waals surface area contributed by atoms with E-state index in [1.165, 1.54) is 18.3 Å². The van der Waals surface area contributed by atoms with E-state index in [-0.39, 0.29) is 16.6 Å². The van der Waals surface area contributed by atoms with Crippen molar-refractivity contribution in [1.29, 1.82) is 0 Å². The molecular weight excluding hydrogens is 370 g/mol. The van der Waals surface area contributed by atoms with Gasteiger partial charge in [-0.1, -0.05) is 11.2 Å². The Labute approximate surface area is 153 Å². The van der Waals surface area contributed by atoms with Gasteiger partial charge in [0.15, 0.2) is 0 Å². The van der Waals surface area contributed by atoms with Gasteiger partial charge in [-0.25, -0.2) is 18.5 Å². The normalized spacial score (nSPS) is 11.4. The lowest BCUT2D eigenvalue weighted by atomic mass is 10.3. The highest BCUT2D eigenvalue weighted by atomic mass is 32.2. The van der Waals surface area contributed by atoms with Crippen LogP contribution in [0.2, 0.25) is 0 Å². The minimum absolute atomic E-state index is 0.0113. The van der Waals surface area contributed by atoms with Gasteiger partial charge in [0, 0.05) is 11.9 Å². The molecule has 4 N–H and O–H groups in total. The summed E-state index contributed by atoms with van der Waals surface area (Å²) in [6, 6.07) is 11.3. The Morgan fingerprint density at radius 3 is 2.52 bits per heavy atom. The maximum Gasteiger partial charge on any atom is 0.264 e. The molecule has 136 valence electrons. The lowest BCUT2D eigenvalue weighted by Gasteiger charge is -2.09. The van der Waals surface area contributed by atoms with E-state index in [1.807, 2.05) is 6.07 Å². The molecule has 10 nitrogen and oxygen atoms in total. The number of nitrogens with zero attached hydrogens (tertiary/aromatic N) is 4. The topological polar surface area (TPSA) is 149 Å². The van der Waals surface area contributed by atoms with Crippen LogP contribution in [-0.4, -0.2) is 28.5 Å². The summed E-state index contributed by atoms with van der Waals surface area (Å²) < 4.78 is 27.8. The van der Waals surface area contributed by atoms with E-state index in [0.717, 1.165) is 0 Å². The molecule has 3 aromatic heterocycles. The number of nitrogens with one attached hydrogen (secondary N) is 2. The predicted molar refractivity (Wildman–Crippen MR) is 98.2 cm³/mol. The first-order valence-electron chi connectivity index (χ1n) is 7.69. The van der Waals surface area contributed by atoms with Crippen LogP contribution in [0.25, 0.3) is 11.1 Å². The number of primary sulfonamides is 1. The van der Waals surface area contributed by atoms with E-state index in [1.54, 1.807) is 30.5 Å². The number of benzene rings is 1.